The Morgan fingerprint density at radius 3 is 2.40 bits per heavy atom. The molecule has 0 aromatic heterocycles. The van der Waals surface area contributed by atoms with Crippen molar-refractivity contribution in [3.63, 3.8) is 0 Å². The topological polar surface area (TPSA) is 61.4 Å². The molecular formula is C20H21FN2O2. The van der Waals surface area contributed by atoms with Gasteiger partial charge in [0.1, 0.15) is 5.82 Å². The largest absolute Gasteiger partial charge is 0.396 e. The van der Waals surface area contributed by atoms with E-state index in [-0.39, 0.29) is 36.5 Å². The van der Waals surface area contributed by atoms with Gasteiger partial charge >= 0.3 is 6.03 Å². The summed E-state index contributed by atoms with van der Waals surface area (Å²) in [5.74, 6) is -0.224. The van der Waals surface area contributed by atoms with Gasteiger partial charge in [-0.05, 0) is 29.7 Å². The molecule has 2 aromatic rings. The Bertz CT molecular complexity index is 731. The van der Waals surface area contributed by atoms with E-state index in [9.17, 15) is 14.3 Å². The maximum Gasteiger partial charge on any atom is 0.316 e. The van der Waals surface area contributed by atoms with Crippen molar-refractivity contribution in [1.29, 1.82) is 0 Å². The van der Waals surface area contributed by atoms with Crippen LogP contribution in [0.5, 0.6) is 0 Å². The molecule has 0 heterocycles. The molecule has 4 nitrogen and oxygen atoms in total. The minimum Gasteiger partial charge on any atom is -0.396 e. The van der Waals surface area contributed by atoms with E-state index >= 15 is 0 Å². The van der Waals surface area contributed by atoms with Gasteiger partial charge in [-0.3, -0.25) is 0 Å². The standard InChI is InChI=1S/C20H21FN2O2/c21-17-9-7-16(8-10-17)19(15-4-2-1-3-5-15)23-20(25)22-18-11-6-14(12-18)13-24/h1-11,14,18-19,24H,12-13H2,(H2,22,23,25)/t14-,18+,19?/m0/s1. The first-order valence-corrected chi connectivity index (χ1v) is 8.32. The maximum absolute atomic E-state index is 13.2. The quantitative estimate of drug-likeness (QED) is 0.732. The molecule has 3 rings (SSSR count). The van der Waals surface area contributed by atoms with Gasteiger partial charge in [-0.1, -0.05) is 54.6 Å². The maximum atomic E-state index is 13.2. The minimum atomic E-state index is -0.374. The molecule has 1 unspecified atom stereocenters. The van der Waals surface area contributed by atoms with Crippen molar-refractivity contribution in [2.75, 3.05) is 6.61 Å². The van der Waals surface area contributed by atoms with Gasteiger partial charge < -0.3 is 15.7 Å². The number of aliphatic hydroxyl groups is 1. The number of hydrogen-bond acceptors (Lipinski definition) is 2. The molecule has 0 saturated heterocycles. The first-order valence-electron chi connectivity index (χ1n) is 8.32. The minimum absolute atomic E-state index is 0.0819. The second-order valence-electron chi connectivity index (χ2n) is 6.18. The molecule has 2 aromatic carbocycles. The Kier molecular flexibility index (Phi) is 5.46. The Morgan fingerprint density at radius 1 is 1.08 bits per heavy atom. The molecule has 130 valence electrons. The van der Waals surface area contributed by atoms with Crippen molar-refractivity contribution in [2.45, 2.75) is 18.5 Å². The van der Waals surface area contributed by atoms with E-state index in [1.54, 1.807) is 12.1 Å². The number of carbonyl (C=O) groups is 1. The zero-order valence-electron chi connectivity index (χ0n) is 13.7. The number of aliphatic hydroxyl groups excluding tert-OH is 1. The number of urea groups is 1. The lowest BCUT2D eigenvalue weighted by Gasteiger charge is -2.22. The third kappa shape index (κ3) is 4.45. The lowest BCUT2D eigenvalue weighted by Crippen LogP contribution is -2.42. The summed E-state index contributed by atoms with van der Waals surface area (Å²) in [6.45, 7) is 0.0819. The fourth-order valence-corrected chi connectivity index (χ4v) is 3.02. The lowest BCUT2D eigenvalue weighted by molar-refractivity contribution is 0.230. The van der Waals surface area contributed by atoms with Crippen LogP contribution in [0.25, 0.3) is 0 Å². The fraction of sp³-hybridized carbons (Fsp3) is 0.250. The summed E-state index contributed by atoms with van der Waals surface area (Å²) < 4.78 is 13.2. The first kappa shape index (κ1) is 17.2. The van der Waals surface area contributed by atoms with Gasteiger partial charge in [0, 0.05) is 18.6 Å². The highest BCUT2D eigenvalue weighted by molar-refractivity contribution is 5.75. The molecule has 0 saturated carbocycles. The van der Waals surface area contributed by atoms with Gasteiger partial charge in [-0.15, -0.1) is 0 Å². The number of carbonyl (C=O) groups excluding carboxylic acids is 1. The SMILES string of the molecule is O=C(NC(c1ccccc1)c1ccc(F)cc1)N[C@@H]1C=C[C@H](CO)C1. The monoisotopic (exact) mass is 340 g/mol. The van der Waals surface area contributed by atoms with Crippen LogP contribution in [0.2, 0.25) is 0 Å². The molecule has 3 atom stereocenters. The molecule has 5 heteroatoms. The normalized spacial score (nSPS) is 20.2. The molecule has 3 N–H and O–H groups in total. The summed E-state index contributed by atoms with van der Waals surface area (Å²) >= 11 is 0. The van der Waals surface area contributed by atoms with Crippen LogP contribution in [-0.2, 0) is 0 Å². The molecule has 0 radical (unpaired) electrons. The second-order valence-corrected chi connectivity index (χ2v) is 6.18. The van der Waals surface area contributed by atoms with E-state index in [0.29, 0.717) is 6.42 Å². The zero-order chi connectivity index (χ0) is 17.6. The van der Waals surface area contributed by atoms with Crippen LogP contribution in [0.1, 0.15) is 23.6 Å². The van der Waals surface area contributed by atoms with Crippen molar-refractivity contribution >= 4 is 6.03 Å². The van der Waals surface area contributed by atoms with Crippen LogP contribution < -0.4 is 10.6 Å². The summed E-state index contributed by atoms with van der Waals surface area (Å²) in [4.78, 5) is 12.4. The number of nitrogens with one attached hydrogen (secondary N) is 2. The average molecular weight is 340 g/mol. The summed E-state index contributed by atoms with van der Waals surface area (Å²) in [5, 5.41) is 15.0. The summed E-state index contributed by atoms with van der Waals surface area (Å²) in [5.41, 5.74) is 1.72. The van der Waals surface area contributed by atoms with Crippen molar-refractivity contribution < 1.29 is 14.3 Å². The van der Waals surface area contributed by atoms with Gasteiger partial charge in [-0.25, -0.2) is 9.18 Å². The summed E-state index contributed by atoms with van der Waals surface area (Å²) in [6, 6.07) is 14.9. The van der Waals surface area contributed by atoms with Gasteiger partial charge in [0.05, 0.1) is 6.04 Å². The van der Waals surface area contributed by atoms with Crippen molar-refractivity contribution in [1.82, 2.24) is 10.6 Å². The van der Waals surface area contributed by atoms with E-state index in [1.165, 1.54) is 12.1 Å². The number of amides is 2. The van der Waals surface area contributed by atoms with Crippen LogP contribution >= 0.6 is 0 Å². The molecule has 0 spiro atoms. The van der Waals surface area contributed by atoms with Crippen LogP contribution in [0.3, 0.4) is 0 Å². The first-order chi connectivity index (χ1) is 12.2. The predicted octanol–water partition coefficient (Wildman–Crippen LogP) is 3.15. The number of hydrogen-bond donors (Lipinski definition) is 3. The predicted molar refractivity (Wildman–Crippen MR) is 94.5 cm³/mol. The smallest absolute Gasteiger partial charge is 0.316 e. The van der Waals surface area contributed by atoms with Crippen molar-refractivity contribution in [3.05, 3.63) is 83.7 Å². The second kappa shape index (κ2) is 7.94. The number of rotatable bonds is 5. The molecule has 0 aliphatic heterocycles. The molecule has 0 fully saturated rings. The number of benzene rings is 2. The van der Waals surface area contributed by atoms with Crippen LogP contribution in [-0.4, -0.2) is 23.8 Å². The Balaban J connectivity index is 1.73. The van der Waals surface area contributed by atoms with Gasteiger partial charge in [0.2, 0.25) is 0 Å². The van der Waals surface area contributed by atoms with Crippen LogP contribution in [0.15, 0.2) is 66.7 Å². The van der Waals surface area contributed by atoms with E-state index in [2.05, 4.69) is 10.6 Å². The van der Waals surface area contributed by atoms with E-state index in [4.69, 9.17) is 0 Å². The third-order valence-corrected chi connectivity index (χ3v) is 4.33. The fourth-order valence-electron chi connectivity index (χ4n) is 3.02. The lowest BCUT2D eigenvalue weighted by atomic mass is 9.99. The van der Waals surface area contributed by atoms with Crippen LogP contribution in [0.4, 0.5) is 9.18 Å². The van der Waals surface area contributed by atoms with E-state index in [1.807, 2.05) is 42.5 Å². The zero-order valence-corrected chi connectivity index (χ0v) is 13.7. The highest BCUT2D eigenvalue weighted by Crippen LogP contribution is 2.22. The average Bonchev–Trinajstić information content (AvgIpc) is 3.09. The van der Waals surface area contributed by atoms with E-state index < -0.39 is 0 Å². The molecule has 1 aliphatic carbocycles. The Morgan fingerprint density at radius 2 is 1.76 bits per heavy atom. The van der Waals surface area contributed by atoms with Crippen molar-refractivity contribution in [2.24, 2.45) is 5.92 Å². The highest BCUT2D eigenvalue weighted by atomic mass is 19.1. The van der Waals surface area contributed by atoms with Crippen LogP contribution in [0, 0.1) is 11.7 Å². The number of halogens is 1. The van der Waals surface area contributed by atoms with Gasteiger partial charge in [0.15, 0.2) is 0 Å². The van der Waals surface area contributed by atoms with Crippen molar-refractivity contribution in [3.8, 4) is 0 Å². The molecule has 0 bridgehead atoms. The summed E-state index contributed by atoms with van der Waals surface area (Å²) in [7, 11) is 0. The molecule has 2 amide bonds. The molecule has 25 heavy (non-hydrogen) atoms. The summed E-state index contributed by atoms with van der Waals surface area (Å²) in [6.07, 6.45) is 4.51. The van der Waals surface area contributed by atoms with E-state index in [0.717, 1.165) is 11.1 Å². The highest BCUT2D eigenvalue weighted by Gasteiger charge is 2.22. The molecular weight excluding hydrogens is 319 g/mol. The molecule has 1 aliphatic rings. The Hall–Kier alpha value is -2.66. The van der Waals surface area contributed by atoms with Gasteiger partial charge in [-0.2, -0.15) is 0 Å². The Labute approximate surface area is 146 Å². The third-order valence-electron chi connectivity index (χ3n) is 4.33. The van der Waals surface area contributed by atoms with Gasteiger partial charge in [0.25, 0.3) is 0 Å².